The third-order valence-electron chi connectivity index (χ3n) is 7.93. The Morgan fingerprint density at radius 1 is 0.674 bits per heavy atom. The third-order valence-corrected chi connectivity index (χ3v) is 7.93. The molecular formula is C31H39F6LiN4O4. The average molecular weight is 653 g/mol. The van der Waals surface area contributed by atoms with E-state index < -0.39 is 35.4 Å². The van der Waals surface area contributed by atoms with Gasteiger partial charge in [0.15, 0.2) is 0 Å². The molecule has 2 fully saturated rings. The van der Waals surface area contributed by atoms with Gasteiger partial charge < -0.3 is 24.4 Å². The van der Waals surface area contributed by atoms with Gasteiger partial charge in [0.2, 0.25) is 0 Å². The van der Waals surface area contributed by atoms with Crippen molar-refractivity contribution in [1.82, 2.24) is 9.80 Å². The molecule has 46 heavy (non-hydrogen) atoms. The van der Waals surface area contributed by atoms with Gasteiger partial charge in [-0.05, 0) is 48.5 Å². The third kappa shape index (κ3) is 11.7. The zero-order valence-electron chi connectivity index (χ0n) is 26.5. The first-order valence-corrected chi connectivity index (χ1v) is 14.7. The minimum absolute atomic E-state index is 0. The fourth-order valence-electron chi connectivity index (χ4n) is 5.22. The van der Waals surface area contributed by atoms with Crippen molar-refractivity contribution in [2.45, 2.75) is 26.2 Å². The van der Waals surface area contributed by atoms with E-state index in [4.69, 9.17) is 4.74 Å². The van der Waals surface area contributed by atoms with Gasteiger partial charge in [0, 0.05) is 88.7 Å². The first kappa shape index (κ1) is 39.3. The minimum atomic E-state index is -4.32. The molecule has 0 amide bonds. The van der Waals surface area contributed by atoms with E-state index in [9.17, 15) is 41.0 Å². The largest absolute Gasteiger partial charge is 1.00 e. The maximum atomic E-state index is 12.6. The van der Waals surface area contributed by atoms with Crippen molar-refractivity contribution in [3.63, 3.8) is 0 Å². The molecule has 2 heterocycles. The summed E-state index contributed by atoms with van der Waals surface area (Å²) >= 11 is 0. The number of halogens is 6. The van der Waals surface area contributed by atoms with Gasteiger partial charge in [-0.3, -0.25) is 14.6 Å². The first-order chi connectivity index (χ1) is 21.1. The molecule has 15 heteroatoms. The normalized spacial score (nSPS) is 17.7. The molecule has 0 bridgehead atoms. The number of carbonyl (C=O) groups excluding carboxylic acids is 2. The predicted octanol–water partition coefficient (Wildman–Crippen LogP) is 0.854. The van der Waals surface area contributed by atoms with Gasteiger partial charge in [-0.15, -0.1) is 0 Å². The number of hydrogen-bond donors (Lipinski definition) is 0. The summed E-state index contributed by atoms with van der Waals surface area (Å²) in [4.78, 5) is 30.4. The van der Waals surface area contributed by atoms with Gasteiger partial charge in [-0.2, -0.15) is 26.3 Å². The molecule has 0 aromatic heterocycles. The van der Waals surface area contributed by atoms with Gasteiger partial charge in [-0.25, -0.2) is 0 Å². The van der Waals surface area contributed by atoms with Crippen LogP contribution in [0.4, 0.5) is 37.7 Å². The van der Waals surface area contributed by atoms with Crippen LogP contribution in [-0.4, -0.2) is 94.3 Å². The second-order valence-electron chi connectivity index (χ2n) is 11.3. The topological polar surface area (TPSA) is 79.4 Å². The van der Waals surface area contributed by atoms with Crippen LogP contribution in [0.3, 0.4) is 0 Å². The number of carbonyl (C=O) groups is 2. The smallest absolute Gasteiger partial charge is 0.550 e. The Morgan fingerprint density at radius 2 is 1.00 bits per heavy atom. The van der Waals surface area contributed by atoms with E-state index >= 15 is 0 Å². The predicted molar refractivity (Wildman–Crippen MR) is 156 cm³/mol. The average Bonchev–Trinajstić information content (AvgIpc) is 3.01. The number of alkyl halides is 6. The molecule has 2 unspecified atom stereocenters. The van der Waals surface area contributed by atoms with Crippen molar-refractivity contribution < 1.29 is 64.6 Å². The number of methoxy groups -OCH3 is 1. The van der Waals surface area contributed by atoms with Gasteiger partial charge in [0.25, 0.3) is 0 Å². The summed E-state index contributed by atoms with van der Waals surface area (Å²) in [6, 6.07) is 10.4. The number of ether oxygens (including phenoxy) is 1. The van der Waals surface area contributed by atoms with Crippen LogP contribution >= 0.6 is 0 Å². The van der Waals surface area contributed by atoms with Gasteiger partial charge >= 0.3 is 37.2 Å². The summed E-state index contributed by atoms with van der Waals surface area (Å²) in [6.07, 6.45) is -8.63. The quantitative estimate of drug-likeness (QED) is 0.236. The van der Waals surface area contributed by atoms with E-state index in [1.54, 1.807) is 6.92 Å². The van der Waals surface area contributed by atoms with Crippen LogP contribution in [0.2, 0.25) is 0 Å². The van der Waals surface area contributed by atoms with E-state index in [0.717, 1.165) is 61.8 Å². The molecular weight excluding hydrogens is 613 g/mol. The van der Waals surface area contributed by atoms with Gasteiger partial charge in [0.05, 0.1) is 24.2 Å². The van der Waals surface area contributed by atoms with Crippen LogP contribution < -0.4 is 33.8 Å². The van der Waals surface area contributed by atoms with E-state index in [1.165, 1.54) is 31.4 Å². The second kappa shape index (κ2) is 17.3. The molecule has 8 nitrogen and oxygen atoms in total. The zero-order chi connectivity index (χ0) is 33.4. The monoisotopic (exact) mass is 652 g/mol. The van der Waals surface area contributed by atoms with E-state index in [1.807, 2.05) is 16.7 Å². The van der Waals surface area contributed by atoms with Crippen molar-refractivity contribution in [2.24, 2.45) is 11.8 Å². The van der Waals surface area contributed by atoms with Crippen LogP contribution in [0.25, 0.3) is 0 Å². The molecule has 4 rings (SSSR count). The van der Waals surface area contributed by atoms with Crippen molar-refractivity contribution in [1.29, 1.82) is 0 Å². The minimum Gasteiger partial charge on any atom is -0.550 e. The molecule has 2 aromatic carbocycles. The number of esters is 1. The van der Waals surface area contributed by atoms with Gasteiger partial charge in [0.1, 0.15) is 0 Å². The van der Waals surface area contributed by atoms with Crippen LogP contribution in [0, 0.1) is 11.8 Å². The molecule has 2 aliphatic rings. The number of benzene rings is 2. The summed E-state index contributed by atoms with van der Waals surface area (Å²) in [5.41, 5.74) is 0.253. The molecule has 2 saturated heterocycles. The molecule has 0 saturated carbocycles. The number of aliphatic carboxylic acids is 1. The maximum Gasteiger partial charge on any atom is 1.00 e. The number of hydrogen-bond acceptors (Lipinski definition) is 8. The van der Waals surface area contributed by atoms with E-state index in [2.05, 4.69) is 9.80 Å². The fraction of sp³-hybridized carbons (Fsp3) is 0.548. The van der Waals surface area contributed by atoms with Crippen molar-refractivity contribution in [3.8, 4) is 0 Å². The Morgan fingerprint density at radius 3 is 1.28 bits per heavy atom. The van der Waals surface area contributed by atoms with Crippen molar-refractivity contribution in [2.75, 3.05) is 82.4 Å². The fourth-order valence-corrected chi connectivity index (χ4v) is 5.22. The Balaban J connectivity index is 0.000000314. The molecule has 0 N–H and O–H groups in total. The number of carboxylic acid groups (broad SMARTS) is 1. The summed E-state index contributed by atoms with van der Waals surface area (Å²) in [6.45, 7) is 10.2. The van der Waals surface area contributed by atoms with Crippen molar-refractivity contribution >= 4 is 23.3 Å². The van der Waals surface area contributed by atoms with Crippen LogP contribution in [-0.2, 0) is 26.7 Å². The second-order valence-corrected chi connectivity index (χ2v) is 11.3. The number of anilines is 2. The number of nitrogens with zero attached hydrogens (tertiary/aromatic N) is 4. The zero-order valence-corrected chi connectivity index (χ0v) is 26.5. The standard InChI is InChI=1S/C16H21F3N2O2.C15H19F3N2O2.Li/c1-12(15(22)23-2)11-20-7-9-21(10-8-20)14-5-3-13(4-6-14)16(17,18)19;1-11(14(21)22)10-19-6-8-20(9-7-19)13-4-2-12(3-5-13)15(16,17)18;/h3-6,12H,7-11H2,1-2H3;2-5,11H,6-10H2,1H3,(H,21,22);/q;;+1/p-1. The molecule has 2 atom stereocenters. The number of rotatable bonds is 8. The molecule has 0 aliphatic carbocycles. The maximum absolute atomic E-state index is 12.6. The van der Waals surface area contributed by atoms with Crippen molar-refractivity contribution in [3.05, 3.63) is 59.7 Å². The Bertz CT molecular complexity index is 1230. The molecule has 2 aromatic rings. The Kier molecular flexibility index (Phi) is 14.8. The summed E-state index contributed by atoms with van der Waals surface area (Å²) in [7, 11) is 1.38. The summed E-state index contributed by atoms with van der Waals surface area (Å²) < 4.78 is 80.0. The van der Waals surface area contributed by atoms with Crippen LogP contribution in [0.15, 0.2) is 48.5 Å². The molecule has 2 aliphatic heterocycles. The van der Waals surface area contributed by atoms with Crippen LogP contribution in [0.5, 0.6) is 0 Å². The number of piperazine rings is 2. The molecule has 250 valence electrons. The SMILES string of the molecule is CC(CN1CCN(c2ccc(C(F)(F)F)cc2)CC1)C(=O)[O-].COC(=O)C(C)CN1CCN(c2ccc(C(F)(F)F)cc2)CC1.[Li+]. The summed E-state index contributed by atoms with van der Waals surface area (Å²) in [5.74, 6) is -2.00. The van der Waals surface area contributed by atoms with Crippen LogP contribution in [0.1, 0.15) is 25.0 Å². The number of carboxylic acids is 1. The first-order valence-electron chi connectivity index (χ1n) is 14.7. The Labute approximate surface area is 277 Å². The Hall–Kier alpha value is -2.92. The van der Waals surface area contributed by atoms with E-state index in [-0.39, 0.29) is 30.7 Å². The van der Waals surface area contributed by atoms with Gasteiger partial charge in [-0.1, -0.05) is 13.8 Å². The molecule has 0 radical (unpaired) electrons. The summed E-state index contributed by atoms with van der Waals surface area (Å²) in [5, 5.41) is 10.7. The molecule has 0 spiro atoms. The van der Waals surface area contributed by atoms with E-state index in [0.29, 0.717) is 39.3 Å².